The molecular formula is C11H21N3O. The van der Waals surface area contributed by atoms with Crippen molar-refractivity contribution in [1.29, 1.82) is 0 Å². The topological polar surface area (TPSA) is 50.1 Å². The van der Waals surface area contributed by atoms with Crippen LogP contribution >= 0.6 is 0 Å². The average Bonchev–Trinajstić information content (AvgIpc) is 2.54. The quantitative estimate of drug-likeness (QED) is 0.768. The number of nitrogens with one attached hydrogen (secondary N) is 1. The molecule has 1 heterocycles. The summed E-state index contributed by atoms with van der Waals surface area (Å²) in [5.41, 5.74) is 2.25. The van der Waals surface area contributed by atoms with E-state index in [1.165, 1.54) is 5.56 Å². The number of rotatable bonds is 5. The third-order valence-corrected chi connectivity index (χ3v) is 2.72. The Hall–Kier alpha value is -0.870. The van der Waals surface area contributed by atoms with E-state index in [4.69, 9.17) is 5.11 Å². The van der Waals surface area contributed by atoms with E-state index < -0.39 is 0 Å². The minimum Gasteiger partial charge on any atom is -0.395 e. The summed E-state index contributed by atoms with van der Waals surface area (Å²) >= 11 is 0. The van der Waals surface area contributed by atoms with Gasteiger partial charge < -0.3 is 10.4 Å². The number of nitrogens with zero attached hydrogens (tertiary/aromatic N) is 2. The first-order valence-corrected chi connectivity index (χ1v) is 5.45. The van der Waals surface area contributed by atoms with Crippen molar-refractivity contribution in [2.24, 2.45) is 7.05 Å². The second kappa shape index (κ2) is 5.28. The van der Waals surface area contributed by atoms with E-state index >= 15 is 0 Å². The monoisotopic (exact) mass is 211 g/mol. The molecule has 15 heavy (non-hydrogen) atoms. The molecule has 0 fully saturated rings. The fourth-order valence-electron chi connectivity index (χ4n) is 1.79. The molecule has 0 radical (unpaired) electrons. The molecule has 0 saturated heterocycles. The number of aliphatic hydroxyl groups is 1. The van der Waals surface area contributed by atoms with Gasteiger partial charge in [-0.3, -0.25) is 4.68 Å². The summed E-state index contributed by atoms with van der Waals surface area (Å²) in [6, 6.07) is 0.399. The molecule has 2 N–H and O–H groups in total. The van der Waals surface area contributed by atoms with Gasteiger partial charge in [0.25, 0.3) is 0 Å². The summed E-state index contributed by atoms with van der Waals surface area (Å²) in [6.45, 7) is 6.35. The van der Waals surface area contributed by atoms with Crippen LogP contribution in [-0.2, 0) is 7.05 Å². The van der Waals surface area contributed by atoms with Gasteiger partial charge in [0.15, 0.2) is 0 Å². The average molecular weight is 211 g/mol. The standard InChI is InChI=1S/C11H21N3O/c1-5-10(7-15)12-8(2)11-6-14(4)13-9(11)3/h6,8,10,12,15H,5,7H2,1-4H3/t8?,10-/m1/s1. The molecule has 0 aliphatic heterocycles. The molecule has 0 bridgehead atoms. The predicted octanol–water partition coefficient (Wildman–Crippen LogP) is 1.15. The van der Waals surface area contributed by atoms with Crippen LogP contribution in [0.4, 0.5) is 0 Å². The summed E-state index contributed by atoms with van der Waals surface area (Å²) in [5.74, 6) is 0. The zero-order valence-electron chi connectivity index (χ0n) is 9.99. The van der Waals surface area contributed by atoms with Gasteiger partial charge in [-0.1, -0.05) is 6.92 Å². The Bertz CT molecular complexity index is 305. The van der Waals surface area contributed by atoms with Crippen molar-refractivity contribution in [3.63, 3.8) is 0 Å². The van der Waals surface area contributed by atoms with Gasteiger partial charge in [-0.2, -0.15) is 5.10 Å². The summed E-state index contributed by atoms with van der Waals surface area (Å²) in [4.78, 5) is 0. The third-order valence-electron chi connectivity index (χ3n) is 2.72. The normalized spacial score (nSPS) is 15.3. The summed E-state index contributed by atoms with van der Waals surface area (Å²) in [5, 5.41) is 16.8. The molecule has 0 amide bonds. The zero-order valence-corrected chi connectivity index (χ0v) is 9.99. The van der Waals surface area contributed by atoms with Crippen LogP contribution < -0.4 is 5.32 Å². The Morgan fingerprint density at radius 3 is 2.67 bits per heavy atom. The van der Waals surface area contributed by atoms with Crippen molar-refractivity contribution in [1.82, 2.24) is 15.1 Å². The van der Waals surface area contributed by atoms with Gasteiger partial charge in [-0.05, 0) is 20.3 Å². The first kappa shape index (κ1) is 12.2. The van der Waals surface area contributed by atoms with E-state index in [1.807, 2.05) is 24.9 Å². The number of aliphatic hydroxyl groups excluding tert-OH is 1. The van der Waals surface area contributed by atoms with Gasteiger partial charge in [0, 0.05) is 30.9 Å². The molecule has 1 aromatic heterocycles. The van der Waals surface area contributed by atoms with Crippen LogP contribution in [0.2, 0.25) is 0 Å². The van der Waals surface area contributed by atoms with Crippen LogP contribution in [0.25, 0.3) is 0 Å². The fourth-order valence-corrected chi connectivity index (χ4v) is 1.79. The first-order valence-electron chi connectivity index (χ1n) is 5.45. The Morgan fingerprint density at radius 1 is 1.60 bits per heavy atom. The maximum absolute atomic E-state index is 9.11. The molecule has 1 rings (SSSR count). The fraction of sp³-hybridized carbons (Fsp3) is 0.727. The SMILES string of the molecule is CC[C@H](CO)NC(C)c1cn(C)nc1C. The van der Waals surface area contributed by atoms with Gasteiger partial charge in [0.05, 0.1) is 12.3 Å². The number of hydrogen-bond donors (Lipinski definition) is 2. The Labute approximate surface area is 91.3 Å². The minimum absolute atomic E-state index is 0.166. The lowest BCUT2D eigenvalue weighted by molar-refractivity contribution is 0.230. The van der Waals surface area contributed by atoms with Crippen LogP contribution in [0.1, 0.15) is 37.6 Å². The number of aryl methyl sites for hydroxylation is 2. The van der Waals surface area contributed by atoms with Crippen LogP contribution in [0.15, 0.2) is 6.20 Å². The first-order chi connectivity index (χ1) is 7.08. The molecule has 1 aromatic rings. The van der Waals surface area contributed by atoms with Crippen molar-refractivity contribution >= 4 is 0 Å². The molecule has 4 heteroatoms. The van der Waals surface area contributed by atoms with E-state index in [2.05, 4.69) is 24.3 Å². The molecule has 0 aliphatic rings. The van der Waals surface area contributed by atoms with Crippen molar-refractivity contribution in [3.05, 3.63) is 17.5 Å². The van der Waals surface area contributed by atoms with Crippen LogP contribution in [0.5, 0.6) is 0 Å². The summed E-state index contributed by atoms with van der Waals surface area (Å²) in [6.07, 6.45) is 2.96. The van der Waals surface area contributed by atoms with E-state index in [1.54, 1.807) is 0 Å². The molecule has 1 unspecified atom stereocenters. The van der Waals surface area contributed by atoms with Crippen molar-refractivity contribution in [2.75, 3.05) is 6.61 Å². The van der Waals surface area contributed by atoms with Gasteiger partial charge in [0.1, 0.15) is 0 Å². The largest absolute Gasteiger partial charge is 0.395 e. The Morgan fingerprint density at radius 2 is 2.27 bits per heavy atom. The van der Waals surface area contributed by atoms with Gasteiger partial charge >= 0.3 is 0 Å². The van der Waals surface area contributed by atoms with E-state index in [0.717, 1.165) is 12.1 Å². The van der Waals surface area contributed by atoms with E-state index in [-0.39, 0.29) is 18.7 Å². The molecule has 2 atom stereocenters. The maximum atomic E-state index is 9.11. The molecule has 0 aromatic carbocycles. The lowest BCUT2D eigenvalue weighted by Crippen LogP contribution is -2.34. The minimum atomic E-state index is 0.166. The molecular weight excluding hydrogens is 190 g/mol. The molecule has 0 aliphatic carbocycles. The number of hydrogen-bond acceptors (Lipinski definition) is 3. The predicted molar refractivity (Wildman–Crippen MR) is 60.7 cm³/mol. The molecule has 0 spiro atoms. The van der Waals surface area contributed by atoms with E-state index in [0.29, 0.717) is 0 Å². The van der Waals surface area contributed by atoms with Crippen LogP contribution in [0.3, 0.4) is 0 Å². The smallest absolute Gasteiger partial charge is 0.0641 e. The molecule has 0 saturated carbocycles. The van der Waals surface area contributed by atoms with E-state index in [9.17, 15) is 0 Å². The highest BCUT2D eigenvalue weighted by Gasteiger charge is 2.14. The molecule has 86 valence electrons. The van der Waals surface area contributed by atoms with Crippen molar-refractivity contribution < 1.29 is 5.11 Å². The van der Waals surface area contributed by atoms with Crippen molar-refractivity contribution in [3.8, 4) is 0 Å². The Kier molecular flexibility index (Phi) is 4.29. The van der Waals surface area contributed by atoms with Gasteiger partial charge in [0.2, 0.25) is 0 Å². The van der Waals surface area contributed by atoms with Crippen molar-refractivity contribution in [2.45, 2.75) is 39.3 Å². The number of aromatic nitrogens is 2. The molecule has 4 nitrogen and oxygen atoms in total. The van der Waals surface area contributed by atoms with Crippen LogP contribution in [0, 0.1) is 6.92 Å². The summed E-state index contributed by atoms with van der Waals surface area (Å²) in [7, 11) is 1.92. The second-order valence-corrected chi connectivity index (χ2v) is 4.02. The highest BCUT2D eigenvalue weighted by molar-refractivity contribution is 5.19. The third kappa shape index (κ3) is 3.04. The second-order valence-electron chi connectivity index (χ2n) is 4.02. The lowest BCUT2D eigenvalue weighted by Gasteiger charge is -2.20. The van der Waals surface area contributed by atoms with Gasteiger partial charge in [-0.15, -0.1) is 0 Å². The highest BCUT2D eigenvalue weighted by atomic mass is 16.3. The zero-order chi connectivity index (χ0) is 11.4. The van der Waals surface area contributed by atoms with Gasteiger partial charge in [-0.25, -0.2) is 0 Å². The Balaban J connectivity index is 2.67. The maximum Gasteiger partial charge on any atom is 0.0641 e. The lowest BCUT2D eigenvalue weighted by atomic mass is 10.1. The summed E-state index contributed by atoms with van der Waals surface area (Å²) < 4.78 is 1.82. The van der Waals surface area contributed by atoms with Crippen LogP contribution in [-0.4, -0.2) is 27.5 Å². The highest BCUT2D eigenvalue weighted by Crippen LogP contribution is 2.16.